The van der Waals surface area contributed by atoms with E-state index in [4.69, 9.17) is 11.6 Å². The van der Waals surface area contributed by atoms with E-state index in [0.717, 1.165) is 0 Å². The van der Waals surface area contributed by atoms with Gasteiger partial charge in [0, 0.05) is 12.1 Å². The van der Waals surface area contributed by atoms with Crippen LogP contribution in [0.15, 0.2) is 18.2 Å². The molecule has 0 aliphatic carbocycles. The van der Waals surface area contributed by atoms with Crippen LogP contribution in [0.5, 0.6) is 0 Å². The Kier molecular flexibility index (Phi) is 5.44. The zero-order valence-electron chi connectivity index (χ0n) is 9.22. The van der Waals surface area contributed by atoms with E-state index in [9.17, 15) is 9.59 Å². The summed E-state index contributed by atoms with van der Waals surface area (Å²) in [6.45, 7) is 1.76. The van der Waals surface area contributed by atoms with E-state index in [1.54, 1.807) is 25.1 Å². The number of benzene rings is 1. The zero-order chi connectivity index (χ0) is 12.8. The highest BCUT2D eigenvalue weighted by atomic mass is 79.9. The molecule has 0 bridgehead atoms. The predicted molar refractivity (Wildman–Crippen MR) is 72.8 cm³/mol. The molecular weight excluding hydrogens is 307 g/mol. The van der Waals surface area contributed by atoms with Crippen LogP contribution in [0.25, 0.3) is 0 Å². The largest absolute Gasteiger partial charge is 0.326 e. The Hall–Kier alpha value is -1.07. The van der Waals surface area contributed by atoms with Crippen molar-refractivity contribution in [2.75, 3.05) is 16.0 Å². The summed E-state index contributed by atoms with van der Waals surface area (Å²) in [5.41, 5.74) is 1.08. The molecule has 17 heavy (non-hydrogen) atoms. The second-order valence-corrected chi connectivity index (χ2v) is 4.25. The van der Waals surface area contributed by atoms with E-state index in [1.165, 1.54) is 0 Å². The fourth-order valence-electron chi connectivity index (χ4n) is 1.13. The minimum absolute atomic E-state index is 0.0925. The van der Waals surface area contributed by atoms with Gasteiger partial charge >= 0.3 is 0 Å². The Labute approximate surface area is 113 Å². The van der Waals surface area contributed by atoms with Crippen molar-refractivity contribution in [1.29, 1.82) is 0 Å². The number of carbonyl (C=O) groups is 2. The second kappa shape index (κ2) is 6.61. The van der Waals surface area contributed by atoms with E-state index in [1.807, 2.05) is 0 Å². The molecule has 0 aliphatic heterocycles. The highest BCUT2D eigenvalue weighted by Gasteiger charge is 2.07. The van der Waals surface area contributed by atoms with Gasteiger partial charge in [-0.3, -0.25) is 9.59 Å². The van der Waals surface area contributed by atoms with Crippen molar-refractivity contribution in [3.8, 4) is 0 Å². The van der Waals surface area contributed by atoms with Crippen LogP contribution in [0.1, 0.15) is 13.3 Å². The number of nitrogens with one attached hydrogen (secondary N) is 2. The van der Waals surface area contributed by atoms with Crippen LogP contribution in [0, 0.1) is 0 Å². The van der Waals surface area contributed by atoms with Crippen molar-refractivity contribution in [1.82, 2.24) is 0 Å². The molecule has 0 saturated heterocycles. The Morgan fingerprint density at radius 2 is 2.00 bits per heavy atom. The van der Waals surface area contributed by atoms with E-state index in [-0.39, 0.29) is 17.1 Å². The fraction of sp³-hybridized carbons (Fsp3) is 0.273. The molecule has 0 aromatic heterocycles. The lowest BCUT2D eigenvalue weighted by molar-refractivity contribution is -0.116. The smallest absolute Gasteiger partial charge is 0.235 e. The van der Waals surface area contributed by atoms with Crippen LogP contribution in [0.2, 0.25) is 5.02 Å². The first kappa shape index (κ1) is 14.0. The summed E-state index contributed by atoms with van der Waals surface area (Å²) in [7, 11) is 0. The van der Waals surface area contributed by atoms with Gasteiger partial charge in [0.25, 0.3) is 0 Å². The summed E-state index contributed by atoms with van der Waals surface area (Å²) in [5.74, 6) is -0.295. The molecule has 1 aromatic rings. The van der Waals surface area contributed by atoms with Gasteiger partial charge in [0.2, 0.25) is 11.8 Å². The van der Waals surface area contributed by atoms with Gasteiger partial charge in [-0.15, -0.1) is 0 Å². The van der Waals surface area contributed by atoms with Crippen molar-refractivity contribution in [3.05, 3.63) is 23.2 Å². The lowest BCUT2D eigenvalue weighted by Crippen LogP contribution is -2.14. The van der Waals surface area contributed by atoms with Crippen molar-refractivity contribution in [2.24, 2.45) is 0 Å². The second-order valence-electron chi connectivity index (χ2n) is 3.28. The van der Waals surface area contributed by atoms with Crippen LogP contribution in [-0.4, -0.2) is 17.1 Å². The number of hydrogen-bond acceptors (Lipinski definition) is 2. The first-order valence-corrected chi connectivity index (χ1v) is 6.52. The first-order chi connectivity index (χ1) is 8.06. The molecule has 0 spiro atoms. The van der Waals surface area contributed by atoms with Crippen molar-refractivity contribution in [3.63, 3.8) is 0 Å². The normalized spacial score (nSPS) is 9.82. The fourth-order valence-corrected chi connectivity index (χ4v) is 1.44. The third kappa shape index (κ3) is 4.36. The number of alkyl halides is 1. The first-order valence-electron chi connectivity index (χ1n) is 5.02. The molecule has 92 valence electrons. The van der Waals surface area contributed by atoms with Crippen molar-refractivity contribution in [2.45, 2.75) is 13.3 Å². The van der Waals surface area contributed by atoms with Gasteiger partial charge in [0.15, 0.2) is 0 Å². The van der Waals surface area contributed by atoms with Crippen LogP contribution >= 0.6 is 27.5 Å². The number of rotatable bonds is 4. The maximum atomic E-state index is 11.2. The SMILES string of the molecule is CCC(=O)Nc1ccc(Cl)c(NC(=O)CBr)c1. The molecule has 1 aromatic carbocycles. The molecule has 6 heteroatoms. The minimum atomic E-state index is -0.203. The highest BCUT2D eigenvalue weighted by molar-refractivity contribution is 9.09. The topological polar surface area (TPSA) is 58.2 Å². The zero-order valence-corrected chi connectivity index (χ0v) is 11.6. The molecule has 0 aliphatic rings. The summed E-state index contributed by atoms with van der Waals surface area (Å²) >= 11 is 8.97. The molecule has 2 N–H and O–H groups in total. The molecule has 0 saturated carbocycles. The van der Waals surface area contributed by atoms with Crippen molar-refractivity contribution < 1.29 is 9.59 Å². The Morgan fingerprint density at radius 1 is 1.29 bits per heavy atom. The minimum Gasteiger partial charge on any atom is -0.326 e. The van der Waals surface area contributed by atoms with Gasteiger partial charge in [-0.2, -0.15) is 0 Å². The van der Waals surface area contributed by atoms with Gasteiger partial charge in [-0.1, -0.05) is 34.5 Å². The van der Waals surface area contributed by atoms with Crippen LogP contribution in [-0.2, 0) is 9.59 Å². The summed E-state index contributed by atoms with van der Waals surface area (Å²) in [6.07, 6.45) is 0.395. The Bertz CT molecular complexity index is 437. The number of amides is 2. The maximum Gasteiger partial charge on any atom is 0.235 e. The van der Waals surface area contributed by atoms with Crippen LogP contribution in [0.4, 0.5) is 11.4 Å². The number of carbonyl (C=O) groups excluding carboxylic acids is 2. The van der Waals surface area contributed by atoms with Gasteiger partial charge in [0.05, 0.1) is 16.0 Å². The van der Waals surface area contributed by atoms with Crippen molar-refractivity contribution >= 4 is 50.7 Å². The summed E-state index contributed by atoms with van der Waals surface area (Å²) in [5, 5.41) is 5.93. The number of halogens is 2. The average molecular weight is 320 g/mol. The molecule has 4 nitrogen and oxygen atoms in total. The predicted octanol–water partition coefficient (Wildman–Crippen LogP) is 3.02. The average Bonchev–Trinajstić information content (AvgIpc) is 2.33. The molecule has 0 atom stereocenters. The third-order valence-corrected chi connectivity index (χ3v) is 2.81. The maximum absolute atomic E-state index is 11.2. The monoisotopic (exact) mass is 318 g/mol. The van der Waals surface area contributed by atoms with Crippen LogP contribution < -0.4 is 10.6 Å². The highest BCUT2D eigenvalue weighted by Crippen LogP contribution is 2.25. The lowest BCUT2D eigenvalue weighted by atomic mass is 10.2. The quantitative estimate of drug-likeness (QED) is 0.838. The summed E-state index contributed by atoms with van der Waals surface area (Å²) in [4.78, 5) is 22.4. The molecule has 0 fully saturated rings. The number of hydrogen-bond donors (Lipinski definition) is 2. The van der Waals surface area contributed by atoms with Gasteiger partial charge in [0.1, 0.15) is 0 Å². The standard InChI is InChI=1S/C11H12BrClN2O2/c1-2-10(16)14-7-3-4-8(13)9(5-7)15-11(17)6-12/h3-5H,2,6H2,1H3,(H,14,16)(H,15,17). The van der Waals surface area contributed by atoms with Gasteiger partial charge in [-0.05, 0) is 18.2 Å². The molecule has 0 radical (unpaired) electrons. The van der Waals surface area contributed by atoms with E-state index in [0.29, 0.717) is 22.8 Å². The van der Waals surface area contributed by atoms with E-state index in [2.05, 4.69) is 26.6 Å². The molecule has 0 heterocycles. The summed E-state index contributed by atoms with van der Waals surface area (Å²) < 4.78 is 0. The molecular formula is C11H12BrClN2O2. The van der Waals surface area contributed by atoms with E-state index >= 15 is 0 Å². The Balaban J connectivity index is 2.86. The Morgan fingerprint density at radius 3 is 2.59 bits per heavy atom. The third-order valence-electron chi connectivity index (χ3n) is 1.97. The lowest BCUT2D eigenvalue weighted by Gasteiger charge is -2.09. The molecule has 2 amide bonds. The summed E-state index contributed by atoms with van der Waals surface area (Å²) in [6, 6.07) is 4.92. The van der Waals surface area contributed by atoms with E-state index < -0.39 is 0 Å². The van der Waals surface area contributed by atoms with Crippen LogP contribution in [0.3, 0.4) is 0 Å². The molecule has 1 rings (SSSR count). The number of anilines is 2. The van der Waals surface area contributed by atoms with Gasteiger partial charge < -0.3 is 10.6 Å². The molecule has 0 unspecified atom stereocenters. The van der Waals surface area contributed by atoms with Gasteiger partial charge in [-0.25, -0.2) is 0 Å².